The molecule has 18 heavy (non-hydrogen) atoms. The molecule has 7 nitrogen and oxygen atoms in total. The number of hydrogen-bond acceptors (Lipinski definition) is 6. The zero-order valence-corrected chi connectivity index (χ0v) is 8.89. The molecular formula is C9H5F2N3O4. The van der Waals surface area contributed by atoms with Crippen molar-refractivity contribution in [2.24, 2.45) is 0 Å². The van der Waals surface area contributed by atoms with Crippen LogP contribution in [0.4, 0.5) is 14.6 Å². The third-order valence-corrected chi connectivity index (χ3v) is 2.00. The molecule has 0 radical (unpaired) electrons. The lowest BCUT2D eigenvalue weighted by Crippen LogP contribution is -2.13. The second-order valence-electron chi connectivity index (χ2n) is 2.95. The Kier molecular flexibility index (Phi) is 3.83. The molecule has 1 rings (SSSR count). The maximum atomic E-state index is 12.8. The summed E-state index contributed by atoms with van der Waals surface area (Å²) in [7, 11) is 0.875. The molecule has 0 atom stereocenters. The number of halogens is 2. The van der Waals surface area contributed by atoms with Gasteiger partial charge < -0.3 is 14.9 Å². The van der Waals surface area contributed by atoms with Gasteiger partial charge in [-0.05, 0) is 9.91 Å². The van der Waals surface area contributed by atoms with Crippen LogP contribution in [0.5, 0.6) is 0 Å². The monoisotopic (exact) mass is 257 g/mol. The Morgan fingerprint density at radius 2 is 2.28 bits per heavy atom. The Morgan fingerprint density at radius 3 is 2.67 bits per heavy atom. The van der Waals surface area contributed by atoms with Gasteiger partial charge in [0.15, 0.2) is 11.8 Å². The SMILES string of the molecule is COC(=O)c1c([N+](=O)[O-])ncc(C#N)c1C(F)F. The molecule has 0 N–H and O–H groups in total. The number of carbonyl (C=O) groups is 1. The Morgan fingerprint density at radius 1 is 1.67 bits per heavy atom. The van der Waals surface area contributed by atoms with Crippen molar-refractivity contribution in [1.29, 1.82) is 5.26 Å². The first-order valence-electron chi connectivity index (χ1n) is 4.37. The highest BCUT2D eigenvalue weighted by molar-refractivity contribution is 5.95. The molecule has 0 saturated carbocycles. The normalized spacial score (nSPS) is 9.94. The second-order valence-corrected chi connectivity index (χ2v) is 2.95. The largest absolute Gasteiger partial charge is 0.465 e. The van der Waals surface area contributed by atoms with E-state index in [-0.39, 0.29) is 0 Å². The Hall–Kier alpha value is -2.63. The highest BCUT2D eigenvalue weighted by Gasteiger charge is 2.33. The lowest BCUT2D eigenvalue weighted by molar-refractivity contribution is -0.390. The van der Waals surface area contributed by atoms with Crippen LogP contribution in [0.1, 0.15) is 27.9 Å². The molecule has 0 aromatic carbocycles. The fourth-order valence-electron chi connectivity index (χ4n) is 1.27. The van der Waals surface area contributed by atoms with Gasteiger partial charge in [-0.3, -0.25) is 0 Å². The van der Waals surface area contributed by atoms with E-state index in [0.717, 1.165) is 7.11 Å². The Balaban J connectivity index is 3.72. The molecule has 0 spiro atoms. The summed E-state index contributed by atoms with van der Waals surface area (Å²) in [6.07, 6.45) is -2.62. The molecule has 9 heteroatoms. The van der Waals surface area contributed by atoms with Gasteiger partial charge in [0.1, 0.15) is 11.6 Å². The summed E-state index contributed by atoms with van der Waals surface area (Å²) in [5.74, 6) is -2.42. The van der Waals surface area contributed by atoms with Crippen molar-refractivity contribution >= 4 is 11.8 Å². The van der Waals surface area contributed by atoms with Crippen LogP contribution in [0.25, 0.3) is 0 Å². The zero-order valence-electron chi connectivity index (χ0n) is 8.89. The average Bonchev–Trinajstić information content (AvgIpc) is 2.35. The predicted molar refractivity (Wildman–Crippen MR) is 51.9 cm³/mol. The molecule has 0 amide bonds. The van der Waals surface area contributed by atoms with Gasteiger partial charge in [-0.15, -0.1) is 0 Å². The number of rotatable bonds is 3. The number of aromatic nitrogens is 1. The average molecular weight is 257 g/mol. The smallest absolute Gasteiger partial charge is 0.378 e. The van der Waals surface area contributed by atoms with Crippen LogP contribution in [-0.4, -0.2) is 23.0 Å². The van der Waals surface area contributed by atoms with Crippen LogP contribution in [-0.2, 0) is 4.74 Å². The minimum absolute atomic E-state index is 0.615. The van der Waals surface area contributed by atoms with Gasteiger partial charge in [0.25, 0.3) is 6.43 Å². The number of nitro groups is 1. The molecule has 0 unspecified atom stereocenters. The number of methoxy groups -OCH3 is 1. The second kappa shape index (κ2) is 5.13. The summed E-state index contributed by atoms with van der Waals surface area (Å²) in [6, 6.07) is 1.39. The number of alkyl halides is 2. The number of esters is 1. The first-order valence-corrected chi connectivity index (χ1v) is 4.37. The Labute approximate surface area is 98.8 Å². The van der Waals surface area contributed by atoms with Crippen molar-refractivity contribution in [3.05, 3.63) is 33.0 Å². The molecule has 1 heterocycles. The fourth-order valence-corrected chi connectivity index (χ4v) is 1.27. The van der Waals surface area contributed by atoms with E-state index in [2.05, 4.69) is 9.72 Å². The standard InChI is InChI=1S/C9H5F2N3O4/c1-18-9(15)6-5(7(10)11)4(2-12)3-13-8(6)14(16)17/h3,7H,1H3. The van der Waals surface area contributed by atoms with Crippen molar-refractivity contribution in [3.63, 3.8) is 0 Å². The van der Waals surface area contributed by atoms with E-state index in [0.29, 0.717) is 6.20 Å². The summed E-state index contributed by atoms with van der Waals surface area (Å²) in [4.78, 5) is 24.1. The summed E-state index contributed by atoms with van der Waals surface area (Å²) >= 11 is 0. The van der Waals surface area contributed by atoms with E-state index < -0.39 is 39.8 Å². The molecule has 0 aliphatic carbocycles. The maximum Gasteiger partial charge on any atom is 0.378 e. The van der Waals surface area contributed by atoms with Gasteiger partial charge in [0, 0.05) is 0 Å². The van der Waals surface area contributed by atoms with E-state index in [1.807, 2.05) is 0 Å². The molecule has 94 valence electrons. The van der Waals surface area contributed by atoms with E-state index in [9.17, 15) is 23.7 Å². The number of nitrogens with zero attached hydrogens (tertiary/aromatic N) is 3. The van der Waals surface area contributed by atoms with Gasteiger partial charge in [0.2, 0.25) is 0 Å². The van der Waals surface area contributed by atoms with E-state index >= 15 is 0 Å². The van der Waals surface area contributed by atoms with E-state index in [1.54, 1.807) is 0 Å². The zero-order chi connectivity index (χ0) is 13.9. The van der Waals surface area contributed by atoms with E-state index in [1.165, 1.54) is 6.07 Å². The van der Waals surface area contributed by atoms with Crippen molar-refractivity contribution in [2.45, 2.75) is 6.43 Å². The van der Waals surface area contributed by atoms with Gasteiger partial charge in [-0.2, -0.15) is 5.26 Å². The number of ether oxygens (including phenoxy) is 1. The first kappa shape index (κ1) is 13.4. The van der Waals surface area contributed by atoms with Crippen molar-refractivity contribution < 1.29 is 23.2 Å². The van der Waals surface area contributed by atoms with Crippen LogP contribution in [0, 0.1) is 21.4 Å². The lowest BCUT2D eigenvalue weighted by atomic mass is 10.0. The van der Waals surface area contributed by atoms with Gasteiger partial charge in [-0.25, -0.2) is 13.6 Å². The quantitative estimate of drug-likeness (QED) is 0.462. The van der Waals surface area contributed by atoms with Gasteiger partial charge in [0.05, 0.1) is 12.7 Å². The molecule has 0 fully saturated rings. The third-order valence-electron chi connectivity index (χ3n) is 2.00. The van der Waals surface area contributed by atoms with Crippen LogP contribution in [0.2, 0.25) is 0 Å². The maximum absolute atomic E-state index is 12.8. The Bertz CT molecular complexity index is 553. The molecule has 1 aromatic rings. The number of hydrogen-bond donors (Lipinski definition) is 0. The highest BCUT2D eigenvalue weighted by Crippen LogP contribution is 2.31. The molecule has 0 aliphatic rings. The third kappa shape index (κ3) is 2.22. The summed E-state index contributed by atoms with van der Waals surface area (Å²) in [6.45, 7) is 0. The molecular weight excluding hydrogens is 252 g/mol. The lowest BCUT2D eigenvalue weighted by Gasteiger charge is -2.07. The minimum atomic E-state index is -3.24. The molecule has 0 aliphatic heterocycles. The topological polar surface area (TPSA) is 106 Å². The van der Waals surface area contributed by atoms with Gasteiger partial charge in [-0.1, -0.05) is 0 Å². The van der Waals surface area contributed by atoms with Crippen molar-refractivity contribution in [2.75, 3.05) is 7.11 Å². The minimum Gasteiger partial charge on any atom is -0.465 e. The summed E-state index contributed by atoms with van der Waals surface area (Å²) in [5, 5.41) is 19.3. The van der Waals surface area contributed by atoms with Crippen LogP contribution in [0.15, 0.2) is 6.20 Å². The summed E-state index contributed by atoms with van der Waals surface area (Å²) < 4.78 is 29.8. The van der Waals surface area contributed by atoms with Crippen LogP contribution < -0.4 is 0 Å². The predicted octanol–water partition coefficient (Wildman–Crippen LogP) is 1.59. The number of carbonyl (C=O) groups excluding carboxylic acids is 1. The van der Waals surface area contributed by atoms with Gasteiger partial charge >= 0.3 is 11.8 Å². The van der Waals surface area contributed by atoms with Crippen LogP contribution >= 0.6 is 0 Å². The first-order chi connectivity index (χ1) is 8.43. The highest BCUT2D eigenvalue weighted by atomic mass is 19.3. The number of pyridine rings is 1. The number of nitriles is 1. The van der Waals surface area contributed by atoms with Crippen molar-refractivity contribution in [3.8, 4) is 6.07 Å². The molecule has 1 aromatic heterocycles. The van der Waals surface area contributed by atoms with E-state index in [4.69, 9.17) is 5.26 Å². The fraction of sp³-hybridized carbons (Fsp3) is 0.222. The van der Waals surface area contributed by atoms with Crippen LogP contribution in [0.3, 0.4) is 0 Å². The van der Waals surface area contributed by atoms with Crippen molar-refractivity contribution in [1.82, 2.24) is 4.98 Å². The molecule has 0 saturated heterocycles. The molecule has 0 bridgehead atoms. The summed E-state index contributed by atoms with van der Waals surface area (Å²) in [5.41, 5.74) is -2.67.